The van der Waals surface area contributed by atoms with Crippen molar-refractivity contribution >= 4 is 53.7 Å². The smallest absolute Gasteiger partial charge is 0.463 e. The van der Waals surface area contributed by atoms with E-state index in [1.807, 2.05) is 41.5 Å². The number of ether oxygens (including phenoxy) is 5. The lowest BCUT2D eigenvalue weighted by Crippen LogP contribution is -2.46. The first-order chi connectivity index (χ1) is 40.3. The molecule has 22 heteroatoms. The summed E-state index contributed by atoms with van der Waals surface area (Å²) in [4.78, 5) is 67.7. The molecule has 0 radical (unpaired) electrons. The fraction of sp³-hybridized carbons (Fsp3) is 0.774. The number of esters is 4. The van der Waals surface area contributed by atoms with Crippen LogP contribution in [0.2, 0.25) is 12.1 Å². The average Bonchev–Trinajstić information content (AvgIpc) is 4.41. The zero-order valence-corrected chi connectivity index (χ0v) is 54.5. The zero-order valence-electron chi connectivity index (χ0n) is 52.5. The number of carbonyl (C=O) groups excluding carboxylic acids is 6. The molecule has 2 N–H and O–H groups in total. The van der Waals surface area contributed by atoms with Crippen LogP contribution in [-0.2, 0) is 74.2 Å². The maximum atomic E-state index is 11.9. The van der Waals surface area contributed by atoms with E-state index < -0.39 is 59.8 Å². The normalized spacial score (nSPS) is 22.5. The molecule has 480 valence electrons. The minimum Gasteiger partial charge on any atom is -0.463 e. The summed E-state index contributed by atoms with van der Waals surface area (Å²) >= 11 is 0. The van der Waals surface area contributed by atoms with Gasteiger partial charge in [0.05, 0.1) is 6.54 Å². The molecule has 8 bridgehead atoms. The molecule has 1 amide bonds. The fourth-order valence-electron chi connectivity index (χ4n) is 11.0. The summed E-state index contributed by atoms with van der Waals surface area (Å²) in [5.74, 6) is 5.92. The summed E-state index contributed by atoms with van der Waals surface area (Å²) < 4.78 is 57.8. The lowest BCUT2D eigenvalue weighted by molar-refractivity contribution is -0.151. The number of fused-ring (bicyclic) bond motifs is 8. The van der Waals surface area contributed by atoms with Crippen molar-refractivity contribution in [3.63, 3.8) is 0 Å². The summed E-state index contributed by atoms with van der Waals surface area (Å²) in [7, 11) is -5.29. The number of aliphatic imine (C=N–C) groups is 1. The monoisotopic (exact) mass is 1220 g/mol. The van der Waals surface area contributed by atoms with Crippen molar-refractivity contribution in [3.05, 3.63) is 48.6 Å². The van der Waals surface area contributed by atoms with Crippen LogP contribution in [-0.4, -0.2) is 150 Å². The molecule has 8 aliphatic carbocycles. The highest BCUT2D eigenvalue weighted by Gasteiger charge is 2.41. The van der Waals surface area contributed by atoms with E-state index >= 15 is 0 Å². The summed E-state index contributed by atoms with van der Waals surface area (Å²) in [6.45, 7) is 19.5. The van der Waals surface area contributed by atoms with E-state index in [0.29, 0.717) is 71.2 Å². The van der Waals surface area contributed by atoms with Gasteiger partial charge < -0.3 is 60.7 Å². The van der Waals surface area contributed by atoms with Crippen LogP contribution < -0.4 is 5.32 Å². The molecule has 0 saturated heterocycles. The molecule has 4 saturated carbocycles. The van der Waals surface area contributed by atoms with Crippen LogP contribution in [0.15, 0.2) is 53.6 Å². The van der Waals surface area contributed by atoms with E-state index in [0.717, 1.165) is 53.8 Å². The van der Waals surface area contributed by atoms with Crippen LogP contribution in [0.4, 0.5) is 4.79 Å². The Kier molecular flexibility index (Phi) is 40.6. The van der Waals surface area contributed by atoms with Crippen molar-refractivity contribution < 1.29 is 84.1 Å². The Balaban J connectivity index is 0.000000360. The van der Waals surface area contributed by atoms with Crippen LogP contribution in [0.25, 0.3) is 0 Å². The summed E-state index contributed by atoms with van der Waals surface area (Å²) in [5, 5.41) is 11.6. The van der Waals surface area contributed by atoms with Gasteiger partial charge in [0, 0.05) is 86.0 Å². The number of nitrogens with zero attached hydrogens (tertiary/aromatic N) is 1. The molecule has 0 aliphatic heterocycles. The highest BCUT2D eigenvalue weighted by atomic mass is 28.4. The highest BCUT2D eigenvalue weighted by molar-refractivity contribution is 6.61. The first kappa shape index (κ1) is 75.7. The number of nitrogens with one attached hydrogen (secondary N) is 1. The van der Waals surface area contributed by atoms with Gasteiger partial charge in [-0.05, 0) is 179 Å². The molecule has 8 atom stereocenters. The SMILES string of the molecule is C1=CC2CCC1C2.C1=CC2CCC1C2.C1=CC2CCC1C2.C1=CC2CCC1C2.CC(=O)OCC(O)COC(C)=O.CCO[Si](CCCN=C=O)(OCC)OCC.CCO[Si](CCCNC(=O)OC(COC(C)=O)COC(C)=O)(OCC)OCC. The van der Waals surface area contributed by atoms with Gasteiger partial charge in [0.1, 0.15) is 32.5 Å². The number of hydrogen-bond acceptors (Lipinski definition) is 19. The molecule has 8 rings (SSSR count). The maximum Gasteiger partial charge on any atom is 0.500 e. The second-order valence-electron chi connectivity index (χ2n) is 21.8. The molecule has 84 heavy (non-hydrogen) atoms. The summed E-state index contributed by atoms with van der Waals surface area (Å²) in [5.41, 5.74) is 0. The molecule has 0 aromatic rings. The predicted molar refractivity (Wildman–Crippen MR) is 324 cm³/mol. The van der Waals surface area contributed by atoms with E-state index in [4.69, 9.17) is 45.9 Å². The van der Waals surface area contributed by atoms with Gasteiger partial charge in [0.25, 0.3) is 0 Å². The van der Waals surface area contributed by atoms with E-state index in [1.54, 1.807) is 0 Å². The third-order valence-electron chi connectivity index (χ3n) is 14.8. The second kappa shape index (κ2) is 45.0. The van der Waals surface area contributed by atoms with Crippen LogP contribution in [0.3, 0.4) is 0 Å². The van der Waals surface area contributed by atoms with Gasteiger partial charge in [-0.2, -0.15) is 0 Å². The highest BCUT2D eigenvalue weighted by Crippen LogP contribution is 2.40. The number of alkyl carbamates (subject to hydrolysis) is 1. The summed E-state index contributed by atoms with van der Waals surface area (Å²) in [6, 6.07) is 1.24. The van der Waals surface area contributed by atoms with Gasteiger partial charge in [-0.25, -0.2) is 14.6 Å². The molecule has 0 heterocycles. The Morgan fingerprint density at radius 2 is 0.750 bits per heavy atom. The maximum absolute atomic E-state index is 11.9. The van der Waals surface area contributed by atoms with Gasteiger partial charge in [-0.3, -0.25) is 19.2 Å². The number of isocyanates is 1. The number of carbonyl (C=O) groups is 5. The Labute approximate surface area is 504 Å². The van der Waals surface area contributed by atoms with Crippen LogP contribution >= 0.6 is 0 Å². The number of aliphatic hydroxyl groups excluding tert-OH is 1. The lowest BCUT2D eigenvalue weighted by Gasteiger charge is -2.28. The van der Waals surface area contributed by atoms with Crippen molar-refractivity contribution in [1.82, 2.24) is 5.32 Å². The van der Waals surface area contributed by atoms with Gasteiger partial charge in [0.15, 0.2) is 6.10 Å². The first-order valence-electron chi connectivity index (χ1n) is 31.1. The Morgan fingerprint density at radius 1 is 0.476 bits per heavy atom. The van der Waals surface area contributed by atoms with Crippen LogP contribution in [0.1, 0.15) is 159 Å². The molecular formula is C62H106N2O18Si2. The molecule has 8 aliphatic rings. The average molecular weight is 1220 g/mol. The van der Waals surface area contributed by atoms with Gasteiger partial charge in [-0.15, -0.1) is 0 Å². The van der Waals surface area contributed by atoms with E-state index in [2.05, 4.69) is 68.4 Å². The minimum atomic E-state index is -2.76. The zero-order chi connectivity index (χ0) is 62.0. The molecule has 0 aromatic heterocycles. The van der Waals surface area contributed by atoms with Gasteiger partial charge in [0.2, 0.25) is 6.08 Å². The van der Waals surface area contributed by atoms with Gasteiger partial charge >= 0.3 is 47.6 Å². The molecule has 8 unspecified atom stereocenters. The van der Waals surface area contributed by atoms with Crippen molar-refractivity contribution in [3.8, 4) is 0 Å². The first-order valence-corrected chi connectivity index (χ1v) is 35.0. The van der Waals surface area contributed by atoms with E-state index in [-0.39, 0.29) is 26.4 Å². The molecule has 20 nitrogen and oxygen atoms in total. The Hall–Kier alpha value is -4.36. The largest absolute Gasteiger partial charge is 0.500 e. The van der Waals surface area contributed by atoms with E-state index in [9.17, 15) is 28.8 Å². The number of hydrogen-bond donors (Lipinski definition) is 2. The number of allylic oxidation sites excluding steroid dienone is 8. The van der Waals surface area contributed by atoms with Crippen molar-refractivity contribution in [2.24, 2.45) is 52.3 Å². The van der Waals surface area contributed by atoms with Crippen molar-refractivity contribution in [2.75, 3.05) is 79.2 Å². The molecule has 4 fully saturated rings. The number of amides is 1. The summed E-state index contributed by atoms with van der Waals surface area (Å²) in [6.07, 6.45) is 37.0. The molecular weight excluding hydrogens is 1120 g/mol. The minimum absolute atomic E-state index is 0.150. The lowest BCUT2D eigenvalue weighted by atomic mass is 10.1. The Bertz CT molecular complexity index is 1800. The topological polar surface area (TPSA) is 249 Å². The quantitative estimate of drug-likeness (QED) is 0.0134. The second-order valence-corrected chi connectivity index (χ2v) is 27.3. The molecule has 0 aromatic carbocycles. The molecule has 0 spiro atoms. The Morgan fingerprint density at radius 3 is 0.976 bits per heavy atom. The third kappa shape index (κ3) is 34.7. The van der Waals surface area contributed by atoms with Crippen molar-refractivity contribution in [2.45, 2.75) is 183 Å². The standard InChI is InChI=1S/C17H33NO9Si.C10H21NO4Si.C7H12O5.4C7H10/c1-6-24-28(25-7-2,26-8-3)11-9-10-18-17(21)27-16(12-22-14(4)19)13-23-15(5)20;1-4-13-16(14-5-2,15-6-3)9-7-8-11-10-12;1-5(8)11-3-7(10)4-12-6(2)9;4*1-2-7-4-3-6(1)5-7/h16H,6-13H2,1-5H3,(H,18,21);4-9H2,1-3H3;7,10H,3-4H2,1-2H3;4*1-2,6-7H,3-5H2. The van der Waals surface area contributed by atoms with E-state index in [1.165, 1.54) is 111 Å². The predicted octanol–water partition coefficient (Wildman–Crippen LogP) is 10.8. The number of aliphatic hydroxyl groups is 1. The number of rotatable bonds is 29. The van der Waals surface area contributed by atoms with Gasteiger partial charge in [-0.1, -0.05) is 48.6 Å². The third-order valence-corrected chi connectivity index (χ3v) is 21.1. The van der Waals surface area contributed by atoms with Crippen LogP contribution in [0.5, 0.6) is 0 Å². The fourth-order valence-corrected chi connectivity index (χ4v) is 16.2. The van der Waals surface area contributed by atoms with Crippen molar-refractivity contribution in [1.29, 1.82) is 0 Å². The van der Waals surface area contributed by atoms with Crippen LogP contribution in [0, 0.1) is 47.3 Å².